The highest BCUT2D eigenvalue weighted by molar-refractivity contribution is 8.00. The normalized spacial score (nSPS) is 27.0. The van der Waals surface area contributed by atoms with Crippen molar-refractivity contribution in [1.29, 1.82) is 0 Å². The van der Waals surface area contributed by atoms with E-state index in [4.69, 9.17) is 0 Å². The van der Waals surface area contributed by atoms with E-state index < -0.39 is 5.60 Å². The number of aliphatic hydroxyl groups is 1. The molecule has 0 spiro atoms. The monoisotopic (exact) mass is 231 g/mol. The topological polar surface area (TPSA) is 23.5 Å². The van der Waals surface area contributed by atoms with E-state index in [0.29, 0.717) is 4.75 Å². The molecule has 1 aliphatic rings. The molecular formula is C12H25NOS. The first-order valence-electron chi connectivity index (χ1n) is 5.93. The molecule has 0 aromatic carbocycles. The van der Waals surface area contributed by atoms with Crippen molar-refractivity contribution in [2.24, 2.45) is 0 Å². The smallest absolute Gasteiger partial charge is 0.0743 e. The molecule has 2 nitrogen and oxygen atoms in total. The molecule has 0 bridgehead atoms. The zero-order chi connectivity index (χ0) is 11.5. The molecular weight excluding hydrogens is 206 g/mol. The molecule has 1 aliphatic heterocycles. The molecule has 3 heteroatoms. The largest absolute Gasteiger partial charge is 0.389 e. The third-order valence-corrected chi connectivity index (χ3v) is 4.63. The van der Waals surface area contributed by atoms with Gasteiger partial charge in [-0.1, -0.05) is 20.8 Å². The van der Waals surface area contributed by atoms with E-state index in [2.05, 4.69) is 37.4 Å². The number of nitrogens with zero attached hydrogens (tertiary/aromatic N) is 1. The van der Waals surface area contributed by atoms with Gasteiger partial charge in [-0.3, -0.25) is 4.90 Å². The quantitative estimate of drug-likeness (QED) is 0.806. The van der Waals surface area contributed by atoms with Crippen LogP contribution >= 0.6 is 11.8 Å². The highest BCUT2D eigenvalue weighted by atomic mass is 32.2. The van der Waals surface area contributed by atoms with Gasteiger partial charge < -0.3 is 5.11 Å². The number of hydrogen-bond acceptors (Lipinski definition) is 3. The maximum atomic E-state index is 10.0. The van der Waals surface area contributed by atoms with Gasteiger partial charge in [0.25, 0.3) is 0 Å². The Morgan fingerprint density at radius 2 is 2.07 bits per heavy atom. The summed E-state index contributed by atoms with van der Waals surface area (Å²) in [6, 6.07) is 0. The predicted octanol–water partition coefficient (Wildman–Crippen LogP) is 2.36. The van der Waals surface area contributed by atoms with Crippen LogP contribution in [0.3, 0.4) is 0 Å². The Bertz CT molecular complexity index is 204. The predicted molar refractivity (Wildman–Crippen MR) is 68.5 cm³/mol. The molecule has 1 N–H and O–H groups in total. The van der Waals surface area contributed by atoms with Crippen LogP contribution in [0.1, 0.15) is 40.5 Å². The molecule has 1 unspecified atom stereocenters. The van der Waals surface area contributed by atoms with Crippen molar-refractivity contribution in [3.8, 4) is 0 Å². The second-order valence-corrected chi connectivity index (χ2v) is 7.29. The minimum absolute atomic E-state index is 0.410. The Balaban J connectivity index is 2.45. The fraction of sp³-hybridized carbons (Fsp3) is 1.00. The van der Waals surface area contributed by atoms with Crippen LogP contribution in [0.15, 0.2) is 0 Å². The van der Waals surface area contributed by atoms with E-state index in [1.165, 1.54) is 12.2 Å². The average molecular weight is 231 g/mol. The van der Waals surface area contributed by atoms with Gasteiger partial charge in [-0.25, -0.2) is 0 Å². The van der Waals surface area contributed by atoms with E-state index in [0.717, 1.165) is 26.1 Å². The molecule has 0 aromatic heterocycles. The number of hydrogen-bond donors (Lipinski definition) is 1. The van der Waals surface area contributed by atoms with Crippen LogP contribution in [-0.4, -0.2) is 45.7 Å². The van der Waals surface area contributed by atoms with Gasteiger partial charge in [-0.05, 0) is 26.3 Å². The minimum atomic E-state index is -0.515. The number of β-amino-alcohol motifs (C(OH)–C–C–N with tert-alkyl or cyclic N) is 1. The van der Waals surface area contributed by atoms with Crippen LogP contribution in [0, 0.1) is 0 Å². The lowest BCUT2D eigenvalue weighted by Crippen LogP contribution is -2.41. The molecule has 0 aliphatic carbocycles. The first-order valence-corrected chi connectivity index (χ1v) is 6.92. The van der Waals surface area contributed by atoms with Crippen LogP contribution in [0.25, 0.3) is 0 Å². The standard InChI is InChI=1S/C12H25NOS/c1-5-12(4,14)10-13-7-6-11(2,3)15-9-8-13/h14H,5-10H2,1-4H3. The Morgan fingerprint density at radius 3 is 2.67 bits per heavy atom. The zero-order valence-electron chi connectivity index (χ0n) is 10.5. The zero-order valence-corrected chi connectivity index (χ0v) is 11.4. The lowest BCUT2D eigenvalue weighted by atomic mass is 10.0. The summed E-state index contributed by atoms with van der Waals surface area (Å²) in [4.78, 5) is 2.41. The maximum absolute atomic E-state index is 10.0. The summed E-state index contributed by atoms with van der Waals surface area (Å²) in [6.45, 7) is 11.7. The van der Waals surface area contributed by atoms with Gasteiger partial charge in [0, 0.05) is 23.6 Å². The van der Waals surface area contributed by atoms with Gasteiger partial charge >= 0.3 is 0 Å². The van der Waals surface area contributed by atoms with Crippen molar-refractivity contribution >= 4 is 11.8 Å². The van der Waals surface area contributed by atoms with Crippen LogP contribution < -0.4 is 0 Å². The van der Waals surface area contributed by atoms with Gasteiger partial charge in [-0.2, -0.15) is 11.8 Å². The van der Waals surface area contributed by atoms with Gasteiger partial charge in [0.2, 0.25) is 0 Å². The van der Waals surface area contributed by atoms with E-state index in [-0.39, 0.29) is 0 Å². The molecule has 1 heterocycles. The summed E-state index contributed by atoms with van der Waals surface area (Å²) >= 11 is 2.06. The molecule has 0 amide bonds. The summed E-state index contributed by atoms with van der Waals surface area (Å²) in [5, 5.41) is 10.0. The first kappa shape index (κ1) is 13.3. The number of thioether (sulfide) groups is 1. The van der Waals surface area contributed by atoms with E-state index in [9.17, 15) is 5.11 Å². The summed E-state index contributed by atoms with van der Waals surface area (Å²) < 4.78 is 0.410. The molecule has 15 heavy (non-hydrogen) atoms. The summed E-state index contributed by atoms with van der Waals surface area (Å²) in [7, 11) is 0. The van der Waals surface area contributed by atoms with Crippen molar-refractivity contribution in [1.82, 2.24) is 4.90 Å². The van der Waals surface area contributed by atoms with E-state index in [1.807, 2.05) is 6.92 Å². The van der Waals surface area contributed by atoms with Crippen molar-refractivity contribution in [2.75, 3.05) is 25.4 Å². The molecule has 0 aromatic rings. The summed E-state index contributed by atoms with van der Waals surface area (Å²) in [5.41, 5.74) is -0.515. The summed E-state index contributed by atoms with van der Waals surface area (Å²) in [6.07, 6.45) is 2.05. The van der Waals surface area contributed by atoms with Crippen molar-refractivity contribution in [2.45, 2.75) is 50.9 Å². The lowest BCUT2D eigenvalue weighted by Gasteiger charge is -2.30. The van der Waals surface area contributed by atoms with Crippen molar-refractivity contribution in [3.05, 3.63) is 0 Å². The van der Waals surface area contributed by atoms with Crippen LogP contribution in [0.4, 0.5) is 0 Å². The fourth-order valence-corrected chi connectivity index (χ4v) is 2.95. The van der Waals surface area contributed by atoms with Gasteiger partial charge in [-0.15, -0.1) is 0 Å². The molecule has 0 radical (unpaired) electrons. The first-order chi connectivity index (χ1) is 6.85. The lowest BCUT2D eigenvalue weighted by molar-refractivity contribution is 0.0179. The van der Waals surface area contributed by atoms with E-state index in [1.54, 1.807) is 0 Å². The number of rotatable bonds is 3. The highest BCUT2D eigenvalue weighted by Crippen LogP contribution is 2.31. The Labute approximate surface area is 98.4 Å². The Hall–Kier alpha value is 0.270. The van der Waals surface area contributed by atoms with Crippen molar-refractivity contribution in [3.63, 3.8) is 0 Å². The fourth-order valence-electron chi connectivity index (χ4n) is 1.81. The van der Waals surface area contributed by atoms with Crippen molar-refractivity contribution < 1.29 is 5.11 Å². The molecule has 1 saturated heterocycles. The second-order valence-electron chi connectivity index (χ2n) is 5.48. The Kier molecular flexibility index (Phi) is 4.50. The highest BCUT2D eigenvalue weighted by Gasteiger charge is 2.27. The Morgan fingerprint density at radius 1 is 1.40 bits per heavy atom. The minimum Gasteiger partial charge on any atom is -0.389 e. The SMILES string of the molecule is CCC(C)(O)CN1CCSC(C)(C)CC1. The molecule has 1 atom stereocenters. The molecule has 0 saturated carbocycles. The summed E-state index contributed by atoms with van der Waals surface area (Å²) in [5.74, 6) is 1.19. The van der Waals surface area contributed by atoms with Crippen LogP contribution in [0.2, 0.25) is 0 Å². The second kappa shape index (κ2) is 5.07. The van der Waals surface area contributed by atoms with Crippen LogP contribution in [-0.2, 0) is 0 Å². The molecule has 1 fully saturated rings. The van der Waals surface area contributed by atoms with Gasteiger partial charge in [0.15, 0.2) is 0 Å². The van der Waals surface area contributed by atoms with Gasteiger partial charge in [0.05, 0.1) is 5.60 Å². The van der Waals surface area contributed by atoms with Crippen LogP contribution in [0.5, 0.6) is 0 Å². The average Bonchev–Trinajstić information content (AvgIpc) is 2.28. The third kappa shape index (κ3) is 4.75. The third-order valence-electron chi connectivity index (χ3n) is 3.26. The maximum Gasteiger partial charge on any atom is 0.0743 e. The van der Waals surface area contributed by atoms with E-state index >= 15 is 0 Å². The molecule has 1 rings (SSSR count). The molecule has 90 valence electrons. The van der Waals surface area contributed by atoms with Gasteiger partial charge in [0.1, 0.15) is 0 Å².